The second-order valence-electron chi connectivity index (χ2n) is 7.39. The van der Waals surface area contributed by atoms with Crippen molar-refractivity contribution in [2.45, 2.75) is 25.7 Å². The molecule has 8 nitrogen and oxygen atoms in total. The van der Waals surface area contributed by atoms with Crippen molar-refractivity contribution in [1.29, 1.82) is 0 Å². The van der Waals surface area contributed by atoms with Crippen molar-refractivity contribution in [2.75, 3.05) is 31.7 Å². The van der Waals surface area contributed by atoms with E-state index in [1.54, 1.807) is 7.11 Å². The van der Waals surface area contributed by atoms with E-state index in [-0.39, 0.29) is 5.92 Å². The van der Waals surface area contributed by atoms with E-state index in [2.05, 4.69) is 15.1 Å². The number of benzene rings is 1. The number of carboxylic acids is 1. The van der Waals surface area contributed by atoms with Crippen LogP contribution in [0, 0.1) is 5.92 Å². The van der Waals surface area contributed by atoms with Crippen molar-refractivity contribution < 1.29 is 14.6 Å². The molecule has 0 bridgehead atoms. The highest BCUT2D eigenvalue weighted by Gasteiger charge is 2.27. The Kier molecular flexibility index (Phi) is 5.71. The van der Waals surface area contributed by atoms with Crippen LogP contribution in [0.4, 0.5) is 5.82 Å². The maximum atomic E-state index is 11.3. The molecule has 1 fully saturated rings. The van der Waals surface area contributed by atoms with Gasteiger partial charge in [0.1, 0.15) is 5.69 Å². The number of carbonyl (C=O) groups is 1. The molecule has 152 valence electrons. The molecule has 0 saturated carbocycles. The average molecular weight is 395 g/mol. The van der Waals surface area contributed by atoms with Gasteiger partial charge in [-0.1, -0.05) is 12.1 Å². The van der Waals surface area contributed by atoms with Crippen molar-refractivity contribution in [1.82, 2.24) is 20.2 Å². The number of piperidine rings is 1. The van der Waals surface area contributed by atoms with Crippen molar-refractivity contribution in [3.63, 3.8) is 0 Å². The van der Waals surface area contributed by atoms with E-state index in [1.807, 2.05) is 30.6 Å². The highest BCUT2D eigenvalue weighted by Crippen LogP contribution is 2.32. The molecule has 8 heteroatoms. The summed E-state index contributed by atoms with van der Waals surface area (Å²) in [6.45, 7) is 1.99. The van der Waals surface area contributed by atoms with Crippen LogP contribution in [0.15, 0.2) is 30.6 Å². The lowest BCUT2D eigenvalue weighted by molar-refractivity contribution is -0.142. The number of fused-ring (bicyclic) bond motifs is 1. The molecular formula is C21H25N5O3. The Hall–Kier alpha value is -3.00. The third-order valence-electron chi connectivity index (χ3n) is 5.44. The average Bonchev–Trinajstić information content (AvgIpc) is 3.22. The fourth-order valence-electron chi connectivity index (χ4n) is 3.78. The van der Waals surface area contributed by atoms with Crippen LogP contribution in [0.1, 0.15) is 25.0 Å². The summed E-state index contributed by atoms with van der Waals surface area (Å²) in [4.78, 5) is 23.1. The fraction of sp³-hybridized carbons (Fsp3) is 0.429. The monoisotopic (exact) mass is 395 g/mol. The SMILES string of the molecule is COCCCc1cnc(-c2ccc3c[nH]nc3c2)c(N2CCC(C(=O)O)CC2)n1. The standard InChI is InChI=1S/C21H25N5O3/c1-29-10-2-3-17-13-22-19(15-4-5-16-12-23-25-18(16)11-15)20(24-17)26-8-6-14(7-9-26)21(27)28/h4-5,11-14H,2-3,6-10H2,1H3,(H,23,25)(H,27,28). The quantitative estimate of drug-likeness (QED) is 0.593. The number of rotatable bonds is 7. The first-order valence-electron chi connectivity index (χ1n) is 9.92. The Balaban J connectivity index is 1.67. The minimum Gasteiger partial charge on any atom is -0.481 e. The zero-order chi connectivity index (χ0) is 20.2. The normalized spacial score (nSPS) is 15.1. The number of carboxylic acid groups (broad SMARTS) is 1. The fourth-order valence-corrected chi connectivity index (χ4v) is 3.78. The van der Waals surface area contributed by atoms with Crippen LogP contribution in [-0.2, 0) is 16.0 Å². The topological polar surface area (TPSA) is 104 Å². The lowest BCUT2D eigenvalue weighted by Crippen LogP contribution is -2.37. The lowest BCUT2D eigenvalue weighted by atomic mass is 9.97. The van der Waals surface area contributed by atoms with Crippen LogP contribution in [-0.4, -0.2) is 58.0 Å². The highest BCUT2D eigenvalue weighted by molar-refractivity contribution is 5.85. The summed E-state index contributed by atoms with van der Waals surface area (Å²) in [6, 6.07) is 6.05. The second kappa shape index (κ2) is 8.57. The third-order valence-corrected chi connectivity index (χ3v) is 5.44. The van der Waals surface area contributed by atoms with Crippen LogP contribution < -0.4 is 4.90 Å². The summed E-state index contributed by atoms with van der Waals surface area (Å²) in [5.41, 5.74) is 3.56. The predicted molar refractivity (Wildman–Crippen MR) is 110 cm³/mol. The molecule has 1 aliphatic rings. The molecule has 3 heterocycles. The first kappa shape index (κ1) is 19.3. The Bertz CT molecular complexity index is 995. The number of aromatic amines is 1. The number of nitrogens with zero attached hydrogens (tertiary/aromatic N) is 4. The van der Waals surface area contributed by atoms with Gasteiger partial charge in [0.2, 0.25) is 0 Å². The Morgan fingerprint density at radius 2 is 2.17 bits per heavy atom. The molecule has 3 aromatic rings. The molecule has 29 heavy (non-hydrogen) atoms. The summed E-state index contributed by atoms with van der Waals surface area (Å²) in [7, 11) is 1.69. The maximum Gasteiger partial charge on any atom is 0.306 e. The Labute approximate surface area is 168 Å². The van der Waals surface area contributed by atoms with Gasteiger partial charge in [-0.25, -0.2) is 4.98 Å². The Morgan fingerprint density at radius 3 is 2.93 bits per heavy atom. The number of ether oxygens (including phenoxy) is 1. The van der Waals surface area contributed by atoms with E-state index in [0.717, 1.165) is 46.5 Å². The van der Waals surface area contributed by atoms with E-state index >= 15 is 0 Å². The first-order valence-corrected chi connectivity index (χ1v) is 9.92. The van der Waals surface area contributed by atoms with Gasteiger partial charge in [0.25, 0.3) is 0 Å². The second-order valence-corrected chi connectivity index (χ2v) is 7.39. The van der Waals surface area contributed by atoms with Crippen LogP contribution >= 0.6 is 0 Å². The smallest absolute Gasteiger partial charge is 0.306 e. The van der Waals surface area contributed by atoms with Crippen LogP contribution in [0.2, 0.25) is 0 Å². The van der Waals surface area contributed by atoms with Gasteiger partial charge in [-0.05, 0) is 31.7 Å². The summed E-state index contributed by atoms with van der Waals surface area (Å²) >= 11 is 0. The molecule has 4 rings (SSSR count). The largest absolute Gasteiger partial charge is 0.481 e. The van der Waals surface area contributed by atoms with Gasteiger partial charge in [-0.3, -0.25) is 14.9 Å². The number of nitrogens with one attached hydrogen (secondary N) is 1. The summed E-state index contributed by atoms with van der Waals surface area (Å²) in [5, 5.41) is 17.5. The van der Waals surface area contributed by atoms with Gasteiger partial charge in [-0.2, -0.15) is 5.10 Å². The van der Waals surface area contributed by atoms with Crippen molar-refractivity contribution >= 4 is 22.7 Å². The number of aromatic nitrogens is 4. The maximum absolute atomic E-state index is 11.3. The molecule has 0 aliphatic carbocycles. The van der Waals surface area contributed by atoms with Gasteiger partial charge in [-0.15, -0.1) is 0 Å². The number of aliphatic carboxylic acids is 1. The lowest BCUT2D eigenvalue weighted by Gasteiger charge is -2.32. The van der Waals surface area contributed by atoms with E-state index in [1.165, 1.54) is 0 Å². The summed E-state index contributed by atoms with van der Waals surface area (Å²) in [6.07, 6.45) is 6.59. The first-order chi connectivity index (χ1) is 14.2. The zero-order valence-corrected chi connectivity index (χ0v) is 16.5. The number of H-pyrrole nitrogens is 1. The van der Waals surface area contributed by atoms with Crippen LogP contribution in [0.5, 0.6) is 0 Å². The number of aryl methyl sites for hydroxylation is 1. The minimum absolute atomic E-state index is 0.284. The van der Waals surface area contributed by atoms with Crippen molar-refractivity contribution in [3.05, 3.63) is 36.3 Å². The third kappa shape index (κ3) is 4.22. The number of hydrogen-bond donors (Lipinski definition) is 2. The van der Waals surface area contributed by atoms with Gasteiger partial charge < -0.3 is 14.7 Å². The molecule has 0 spiro atoms. The molecule has 0 unspecified atom stereocenters. The van der Waals surface area contributed by atoms with E-state index in [4.69, 9.17) is 14.7 Å². The number of anilines is 1. The molecule has 0 amide bonds. The molecule has 1 saturated heterocycles. The zero-order valence-electron chi connectivity index (χ0n) is 16.5. The number of methoxy groups -OCH3 is 1. The summed E-state index contributed by atoms with van der Waals surface area (Å²) in [5.74, 6) is -0.181. The summed E-state index contributed by atoms with van der Waals surface area (Å²) < 4.78 is 5.15. The van der Waals surface area contributed by atoms with Crippen LogP contribution in [0.3, 0.4) is 0 Å². The number of hydrogen-bond acceptors (Lipinski definition) is 6. The predicted octanol–water partition coefficient (Wildman–Crippen LogP) is 2.90. The molecule has 2 N–H and O–H groups in total. The molecule has 0 radical (unpaired) electrons. The molecular weight excluding hydrogens is 370 g/mol. The Morgan fingerprint density at radius 1 is 1.34 bits per heavy atom. The highest BCUT2D eigenvalue weighted by atomic mass is 16.5. The molecule has 2 aromatic heterocycles. The van der Waals surface area contributed by atoms with Gasteiger partial charge in [0, 0.05) is 50.1 Å². The van der Waals surface area contributed by atoms with E-state index in [9.17, 15) is 9.90 Å². The molecule has 0 atom stereocenters. The van der Waals surface area contributed by atoms with Crippen molar-refractivity contribution in [3.8, 4) is 11.3 Å². The van der Waals surface area contributed by atoms with Gasteiger partial charge in [0.15, 0.2) is 5.82 Å². The van der Waals surface area contributed by atoms with Crippen molar-refractivity contribution in [2.24, 2.45) is 5.92 Å². The van der Waals surface area contributed by atoms with E-state index in [0.29, 0.717) is 32.5 Å². The minimum atomic E-state index is -0.715. The van der Waals surface area contributed by atoms with E-state index < -0.39 is 5.97 Å². The molecule has 1 aliphatic heterocycles. The van der Waals surface area contributed by atoms with Gasteiger partial charge >= 0.3 is 5.97 Å². The van der Waals surface area contributed by atoms with Crippen LogP contribution in [0.25, 0.3) is 22.2 Å². The molecule has 1 aromatic carbocycles. The van der Waals surface area contributed by atoms with Gasteiger partial charge in [0.05, 0.1) is 17.1 Å².